The first-order valence-electron chi connectivity index (χ1n) is 8.40. The van der Waals surface area contributed by atoms with E-state index in [1.54, 1.807) is 31.3 Å². The number of ether oxygens (including phenoxy) is 1. The molecule has 1 amide bonds. The van der Waals surface area contributed by atoms with Crippen LogP contribution in [0.3, 0.4) is 0 Å². The van der Waals surface area contributed by atoms with E-state index in [-0.39, 0.29) is 17.1 Å². The van der Waals surface area contributed by atoms with Crippen LogP contribution in [0.2, 0.25) is 0 Å². The number of nitrogens with one attached hydrogen (secondary N) is 3. The minimum Gasteiger partial charge on any atom is -0.489 e. The van der Waals surface area contributed by atoms with Crippen molar-refractivity contribution >= 4 is 40.8 Å². The van der Waals surface area contributed by atoms with Crippen molar-refractivity contribution in [2.45, 2.75) is 26.9 Å². The molecule has 0 spiro atoms. The predicted octanol–water partition coefficient (Wildman–Crippen LogP) is 3.00. The van der Waals surface area contributed by atoms with Crippen molar-refractivity contribution in [2.75, 3.05) is 17.3 Å². The summed E-state index contributed by atoms with van der Waals surface area (Å²) in [4.78, 5) is 20.5. The molecule has 0 atom stereocenters. The van der Waals surface area contributed by atoms with Crippen LogP contribution in [0, 0.1) is 12.3 Å². The Hall–Kier alpha value is -3.27. The van der Waals surface area contributed by atoms with E-state index >= 15 is 0 Å². The standard InChI is InChI=1S/C18H22N6O3S/c1-10(2)27-13-5-6-14(20-9-13)15(19)22-17(28)23-16-11(3)7-12(8-21-16)24(4)18(25)26/h5-10H,1-4H3,(H,25,26)(H3,19,21,22,23,28). The molecule has 0 bridgehead atoms. The van der Waals surface area contributed by atoms with Crippen LogP contribution in [0.1, 0.15) is 25.1 Å². The van der Waals surface area contributed by atoms with Gasteiger partial charge in [-0.15, -0.1) is 0 Å². The largest absolute Gasteiger partial charge is 0.489 e. The third-order valence-corrected chi connectivity index (χ3v) is 3.78. The van der Waals surface area contributed by atoms with Crippen LogP contribution in [-0.2, 0) is 0 Å². The zero-order valence-corrected chi connectivity index (χ0v) is 16.8. The molecule has 2 aromatic heterocycles. The Kier molecular flexibility index (Phi) is 6.83. The molecular formula is C18H22N6O3S. The molecule has 0 aliphatic carbocycles. The number of hydrogen-bond acceptors (Lipinski definition) is 6. The van der Waals surface area contributed by atoms with Gasteiger partial charge in [-0.1, -0.05) is 0 Å². The molecule has 148 valence electrons. The van der Waals surface area contributed by atoms with E-state index in [0.717, 1.165) is 4.90 Å². The third-order valence-electron chi connectivity index (χ3n) is 3.57. The number of amidine groups is 1. The number of aryl methyl sites for hydroxylation is 1. The fourth-order valence-electron chi connectivity index (χ4n) is 2.17. The average Bonchev–Trinajstić information content (AvgIpc) is 2.62. The lowest BCUT2D eigenvalue weighted by Gasteiger charge is -2.16. The summed E-state index contributed by atoms with van der Waals surface area (Å²) in [5.41, 5.74) is 1.55. The first kappa shape index (κ1) is 21.0. The number of carbonyl (C=O) groups is 1. The van der Waals surface area contributed by atoms with Crippen LogP contribution in [0.25, 0.3) is 0 Å². The van der Waals surface area contributed by atoms with Crippen LogP contribution >= 0.6 is 12.2 Å². The zero-order chi connectivity index (χ0) is 20.8. The summed E-state index contributed by atoms with van der Waals surface area (Å²) in [5, 5.41) is 22.9. The van der Waals surface area contributed by atoms with Crippen molar-refractivity contribution in [1.82, 2.24) is 15.3 Å². The number of nitrogens with zero attached hydrogens (tertiary/aromatic N) is 3. The molecule has 0 radical (unpaired) electrons. The van der Waals surface area contributed by atoms with Crippen molar-refractivity contribution in [3.05, 3.63) is 41.9 Å². The molecule has 0 unspecified atom stereocenters. The Morgan fingerprint density at radius 3 is 2.57 bits per heavy atom. The first-order chi connectivity index (χ1) is 13.2. The van der Waals surface area contributed by atoms with Gasteiger partial charge in [0.1, 0.15) is 17.3 Å². The van der Waals surface area contributed by atoms with E-state index in [1.807, 2.05) is 13.8 Å². The molecule has 0 saturated carbocycles. The fourth-order valence-corrected chi connectivity index (χ4v) is 2.37. The van der Waals surface area contributed by atoms with E-state index in [4.69, 9.17) is 27.5 Å². The maximum absolute atomic E-state index is 11.0. The fraction of sp³-hybridized carbons (Fsp3) is 0.278. The van der Waals surface area contributed by atoms with Gasteiger partial charge >= 0.3 is 6.09 Å². The maximum atomic E-state index is 11.0. The highest BCUT2D eigenvalue weighted by atomic mass is 32.1. The van der Waals surface area contributed by atoms with Crippen LogP contribution in [0.5, 0.6) is 5.75 Å². The van der Waals surface area contributed by atoms with Gasteiger partial charge in [0.2, 0.25) is 0 Å². The van der Waals surface area contributed by atoms with E-state index in [1.165, 1.54) is 13.2 Å². The highest BCUT2D eigenvalue weighted by molar-refractivity contribution is 7.80. The molecule has 4 N–H and O–H groups in total. The minimum absolute atomic E-state index is 0.0217. The Bertz CT molecular complexity index is 885. The summed E-state index contributed by atoms with van der Waals surface area (Å²) in [6, 6.07) is 5.07. The number of hydrogen-bond donors (Lipinski definition) is 4. The number of carboxylic acid groups (broad SMARTS) is 1. The molecule has 0 aliphatic heterocycles. The smallest absolute Gasteiger partial charge is 0.411 e. The Labute approximate surface area is 168 Å². The first-order valence-corrected chi connectivity index (χ1v) is 8.81. The quantitative estimate of drug-likeness (QED) is 0.342. The normalized spacial score (nSPS) is 10.3. The Morgan fingerprint density at radius 2 is 2.04 bits per heavy atom. The maximum Gasteiger partial charge on any atom is 0.411 e. The van der Waals surface area contributed by atoms with Crippen molar-refractivity contribution in [3.63, 3.8) is 0 Å². The molecule has 2 heterocycles. The Balaban J connectivity index is 1.99. The predicted molar refractivity (Wildman–Crippen MR) is 112 cm³/mol. The summed E-state index contributed by atoms with van der Waals surface area (Å²) < 4.78 is 5.52. The third kappa shape index (κ3) is 5.61. The summed E-state index contributed by atoms with van der Waals surface area (Å²) in [6.45, 7) is 5.62. The van der Waals surface area contributed by atoms with Crippen LogP contribution < -0.4 is 20.3 Å². The van der Waals surface area contributed by atoms with Crippen LogP contribution in [0.15, 0.2) is 30.6 Å². The highest BCUT2D eigenvalue weighted by Gasteiger charge is 2.12. The molecule has 0 fully saturated rings. The number of thiocarbonyl (C=S) groups is 1. The molecule has 28 heavy (non-hydrogen) atoms. The van der Waals surface area contributed by atoms with E-state index < -0.39 is 6.09 Å². The van der Waals surface area contributed by atoms with Gasteiger partial charge in [0.25, 0.3) is 0 Å². The van der Waals surface area contributed by atoms with Gasteiger partial charge in [0.05, 0.1) is 24.2 Å². The SMILES string of the molecule is Cc1cc(N(C)C(=O)O)cnc1NC(=S)NC(=N)c1ccc(OC(C)C)cn1. The highest BCUT2D eigenvalue weighted by Crippen LogP contribution is 2.19. The molecule has 2 aromatic rings. The summed E-state index contributed by atoms with van der Waals surface area (Å²) in [5.74, 6) is 1.11. The van der Waals surface area contributed by atoms with Crippen LogP contribution in [-0.4, -0.2) is 45.3 Å². The number of anilines is 2. The van der Waals surface area contributed by atoms with Gasteiger partial charge in [0.15, 0.2) is 10.9 Å². The molecule has 0 aromatic carbocycles. The number of pyridine rings is 2. The van der Waals surface area contributed by atoms with Gasteiger partial charge < -0.3 is 20.5 Å². The van der Waals surface area contributed by atoms with Gasteiger partial charge in [-0.25, -0.2) is 14.8 Å². The van der Waals surface area contributed by atoms with Crippen molar-refractivity contribution in [1.29, 1.82) is 5.41 Å². The lowest BCUT2D eigenvalue weighted by molar-refractivity contribution is 0.203. The van der Waals surface area contributed by atoms with Gasteiger partial charge in [0, 0.05) is 7.05 Å². The van der Waals surface area contributed by atoms with Gasteiger partial charge in [-0.3, -0.25) is 10.3 Å². The second-order valence-electron chi connectivity index (χ2n) is 6.20. The Morgan fingerprint density at radius 1 is 1.32 bits per heavy atom. The van der Waals surface area contributed by atoms with E-state index in [9.17, 15) is 4.79 Å². The lowest BCUT2D eigenvalue weighted by atomic mass is 10.2. The van der Waals surface area contributed by atoms with Crippen LogP contribution in [0.4, 0.5) is 16.3 Å². The second kappa shape index (κ2) is 9.09. The monoisotopic (exact) mass is 402 g/mol. The van der Waals surface area contributed by atoms with Crippen molar-refractivity contribution in [2.24, 2.45) is 0 Å². The van der Waals surface area contributed by atoms with Crippen molar-refractivity contribution < 1.29 is 14.6 Å². The zero-order valence-electron chi connectivity index (χ0n) is 16.0. The number of aromatic nitrogens is 2. The van der Waals surface area contributed by atoms with E-state index in [0.29, 0.717) is 28.5 Å². The molecule has 2 rings (SSSR count). The number of rotatable bonds is 5. The van der Waals surface area contributed by atoms with Gasteiger partial charge in [-0.05, 0) is 56.8 Å². The number of amides is 1. The molecule has 0 aliphatic rings. The summed E-state index contributed by atoms with van der Waals surface area (Å²) in [7, 11) is 1.43. The minimum atomic E-state index is -1.08. The summed E-state index contributed by atoms with van der Waals surface area (Å²) in [6.07, 6.45) is 1.93. The second-order valence-corrected chi connectivity index (χ2v) is 6.61. The molecule has 9 nitrogen and oxygen atoms in total. The van der Waals surface area contributed by atoms with Crippen molar-refractivity contribution in [3.8, 4) is 5.75 Å². The van der Waals surface area contributed by atoms with Gasteiger partial charge in [-0.2, -0.15) is 0 Å². The topological polar surface area (TPSA) is 123 Å². The van der Waals surface area contributed by atoms with E-state index in [2.05, 4.69) is 20.6 Å². The summed E-state index contributed by atoms with van der Waals surface area (Å²) >= 11 is 5.22. The molecule has 10 heteroatoms. The molecule has 0 saturated heterocycles. The lowest BCUT2D eigenvalue weighted by Crippen LogP contribution is -2.35. The average molecular weight is 402 g/mol. The molecular weight excluding hydrogens is 380 g/mol.